The molecule has 15 heteroatoms. The molecule has 52 heavy (non-hydrogen) atoms. The molecule has 1 heterocycles. The molecule has 0 saturated carbocycles. The third-order valence-electron chi connectivity index (χ3n) is 9.75. The van der Waals surface area contributed by atoms with Gasteiger partial charge in [-0.1, -0.05) is 110 Å². The molecule has 1 saturated heterocycles. The van der Waals surface area contributed by atoms with Crippen LogP contribution in [-0.4, -0.2) is 139 Å². The first kappa shape index (κ1) is 51.5. The molecular formula is C37H70NNaO13. The summed E-state index contributed by atoms with van der Waals surface area (Å²) in [7, 11) is 0. The Kier molecular flexibility index (Phi) is 31.4. The number of aliphatic hydroxyl groups excluding tert-OH is 8. The number of ether oxygens (including phenoxy) is 2. The molecule has 1 aliphatic heterocycles. The summed E-state index contributed by atoms with van der Waals surface area (Å²) >= 11 is 0. The molecule has 0 unspecified atom stereocenters. The van der Waals surface area contributed by atoms with Crippen LogP contribution in [0.25, 0.3) is 0 Å². The Morgan fingerprint density at radius 1 is 0.692 bits per heavy atom. The van der Waals surface area contributed by atoms with Gasteiger partial charge in [-0.2, -0.15) is 0 Å². The summed E-state index contributed by atoms with van der Waals surface area (Å²) in [6.45, 7) is 0.615. The van der Waals surface area contributed by atoms with Gasteiger partial charge in [0.1, 0.15) is 48.8 Å². The fourth-order valence-electron chi connectivity index (χ4n) is 6.44. The molecule has 9 atom stereocenters. The zero-order chi connectivity index (χ0) is 38.0. The summed E-state index contributed by atoms with van der Waals surface area (Å²) in [5.41, 5.74) is 0. The Labute approximate surface area is 333 Å². The molecule has 1 aliphatic rings. The summed E-state index contributed by atoms with van der Waals surface area (Å²) in [6, 6.07) is 0. The van der Waals surface area contributed by atoms with E-state index in [0.29, 0.717) is 25.8 Å². The second-order valence-corrected chi connectivity index (χ2v) is 14.2. The second kappa shape index (κ2) is 31.7. The first-order valence-corrected chi connectivity index (χ1v) is 19.6. The molecular weight excluding hydrogens is 689 g/mol. The van der Waals surface area contributed by atoms with Crippen LogP contribution in [0.4, 0.5) is 0 Å². The third kappa shape index (κ3) is 21.6. The molecule has 14 nitrogen and oxygen atoms in total. The number of carboxylic acid groups (broad SMARTS) is 1. The van der Waals surface area contributed by atoms with Gasteiger partial charge in [-0.15, -0.1) is 0 Å². The largest absolute Gasteiger partial charge is 1.00 e. The van der Waals surface area contributed by atoms with Crippen molar-refractivity contribution in [1.82, 2.24) is 4.90 Å². The molecule has 1 rings (SSSR count). The molecule has 0 aromatic carbocycles. The van der Waals surface area contributed by atoms with E-state index < -0.39 is 74.3 Å². The summed E-state index contributed by atoms with van der Waals surface area (Å²) in [4.78, 5) is 25.4. The average Bonchev–Trinajstić information content (AvgIpc) is 3.11. The minimum absolute atomic E-state index is 0. The van der Waals surface area contributed by atoms with Crippen LogP contribution >= 0.6 is 0 Å². The molecule has 1 fully saturated rings. The minimum atomic E-state index is -1.87. The molecule has 0 bridgehead atoms. The number of aliphatic hydroxyl groups is 8. The van der Waals surface area contributed by atoms with Crippen LogP contribution in [0.1, 0.15) is 142 Å². The number of nitrogens with zero attached hydrogens (tertiary/aromatic N) is 1. The van der Waals surface area contributed by atoms with Crippen LogP contribution in [-0.2, 0) is 19.1 Å². The smallest absolute Gasteiger partial charge is 0.550 e. The molecule has 0 radical (unpaired) electrons. The van der Waals surface area contributed by atoms with Crippen LogP contribution in [0.2, 0.25) is 0 Å². The van der Waals surface area contributed by atoms with E-state index in [2.05, 4.69) is 6.92 Å². The van der Waals surface area contributed by atoms with Crippen LogP contribution in [0.15, 0.2) is 0 Å². The van der Waals surface area contributed by atoms with Crippen molar-refractivity contribution in [1.29, 1.82) is 0 Å². The van der Waals surface area contributed by atoms with E-state index >= 15 is 0 Å². The van der Waals surface area contributed by atoms with Crippen molar-refractivity contribution in [2.24, 2.45) is 0 Å². The first-order valence-electron chi connectivity index (χ1n) is 19.6. The summed E-state index contributed by atoms with van der Waals surface area (Å²) in [5, 5.41) is 92.9. The molecule has 8 N–H and O–H groups in total. The van der Waals surface area contributed by atoms with Gasteiger partial charge < -0.3 is 65.1 Å². The van der Waals surface area contributed by atoms with E-state index in [1.165, 1.54) is 49.8 Å². The monoisotopic (exact) mass is 759 g/mol. The number of rotatable bonds is 32. The zero-order valence-electron chi connectivity index (χ0n) is 31.9. The quantitative estimate of drug-likeness (QED) is 0.0275. The van der Waals surface area contributed by atoms with Gasteiger partial charge in [0, 0.05) is 25.5 Å². The molecule has 0 aromatic heterocycles. The fourth-order valence-corrected chi connectivity index (χ4v) is 6.44. The van der Waals surface area contributed by atoms with Crippen LogP contribution in [0, 0.1) is 0 Å². The predicted molar refractivity (Wildman–Crippen MR) is 188 cm³/mol. The zero-order valence-corrected chi connectivity index (χ0v) is 33.9. The Morgan fingerprint density at radius 3 is 1.65 bits per heavy atom. The molecule has 0 aromatic rings. The maximum absolute atomic E-state index is 13.4. The van der Waals surface area contributed by atoms with Gasteiger partial charge in [-0.05, 0) is 25.7 Å². The Morgan fingerprint density at radius 2 is 1.17 bits per heavy atom. The minimum Gasteiger partial charge on any atom is -0.550 e. The first-order chi connectivity index (χ1) is 24.5. The fraction of sp³-hybridized carbons (Fsp3) is 0.946. The van der Waals surface area contributed by atoms with Gasteiger partial charge in [-0.3, -0.25) is 4.79 Å². The second-order valence-electron chi connectivity index (χ2n) is 14.2. The topological polar surface area (TPSA) is 241 Å². The van der Waals surface area contributed by atoms with E-state index in [0.717, 1.165) is 57.8 Å². The van der Waals surface area contributed by atoms with Gasteiger partial charge in [0.05, 0.1) is 13.2 Å². The Balaban J connectivity index is 0.0000260. The van der Waals surface area contributed by atoms with Crippen molar-refractivity contribution in [2.75, 3.05) is 26.3 Å². The van der Waals surface area contributed by atoms with Crippen molar-refractivity contribution in [3.63, 3.8) is 0 Å². The van der Waals surface area contributed by atoms with Gasteiger partial charge >= 0.3 is 29.6 Å². The standard InChI is InChI=1S/C37H71NO13.Na/c1-2-3-4-5-6-7-8-9-12-15-18-21-30(43)38(23-20-17-14-11-10-13-16-19-22-31(44)45)24-27(41)32(46)36(28(42)25-39)51-37-35(49)34(48)33(47)29(26-40)50-37;/h27-29,32-37,39-42,46-49H,2-26H2,1H3,(H,44,45);/q;+1/p-1/t27-,28+,29+,32+,33-,34-,35+,36+,37-;/m0./s1. The van der Waals surface area contributed by atoms with Crippen molar-refractivity contribution in [3.8, 4) is 0 Å². The maximum Gasteiger partial charge on any atom is 1.00 e. The average molecular weight is 760 g/mol. The molecule has 302 valence electrons. The number of carbonyl (C=O) groups is 2. The van der Waals surface area contributed by atoms with Gasteiger partial charge in [0.25, 0.3) is 0 Å². The normalized spacial score (nSPS) is 22.7. The van der Waals surface area contributed by atoms with Crippen LogP contribution < -0.4 is 34.7 Å². The SMILES string of the molecule is CCCCCCCCCCCCCC(=O)N(CCCCCCCCCCC(=O)[O-])C[C@H](O)[C@@H](O)[C@H](O[C@@H]1O[C@H](CO)[C@H](O)[C@H](O)[C@H]1O)[C@H](O)CO.[Na+]. The van der Waals surface area contributed by atoms with E-state index in [1.807, 2.05) is 0 Å². The summed E-state index contributed by atoms with van der Waals surface area (Å²) in [6.07, 6.45) is 4.25. The van der Waals surface area contributed by atoms with Crippen molar-refractivity contribution >= 4 is 11.9 Å². The summed E-state index contributed by atoms with van der Waals surface area (Å²) in [5.74, 6) is -1.21. The molecule has 0 spiro atoms. The Bertz CT molecular complexity index is 889. The van der Waals surface area contributed by atoms with Crippen molar-refractivity contribution < 1.29 is 94.6 Å². The maximum atomic E-state index is 13.4. The number of hydrogen-bond donors (Lipinski definition) is 8. The number of amides is 1. The molecule has 1 amide bonds. The van der Waals surface area contributed by atoms with Crippen LogP contribution in [0.5, 0.6) is 0 Å². The number of carboxylic acids is 1. The predicted octanol–water partition coefficient (Wildman–Crippen LogP) is -1.96. The van der Waals surface area contributed by atoms with Crippen LogP contribution in [0.3, 0.4) is 0 Å². The van der Waals surface area contributed by atoms with Crippen molar-refractivity contribution in [2.45, 2.75) is 197 Å². The summed E-state index contributed by atoms with van der Waals surface area (Å²) < 4.78 is 10.9. The van der Waals surface area contributed by atoms with E-state index in [9.17, 15) is 55.5 Å². The number of carbonyl (C=O) groups excluding carboxylic acids is 2. The number of aliphatic carboxylic acids is 1. The molecule has 0 aliphatic carbocycles. The van der Waals surface area contributed by atoms with Crippen molar-refractivity contribution in [3.05, 3.63) is 0 Å². The van der Waals surface area contributed by atoms with Gasteiger partial charge in [0.15, 0.2) is 6.29 Å². The van der Waals surface area contributed by atoms with Gasteiger partial charge in [-0.25, -0.2) is 0 Å². The van der Waals surface area contributed by atoms with E-state index in [1.54, 1.807) is 0 Å². The third-order valence-corrected chi connectivity index (χ3v) is 9.75. The Hall–Kier alpha value is -0.460. The van der Waals surface area contributed by atoms with Gasteiger partial charge in [0.2, 0.25) is 5.91 Å². The number of unbranched alkanes of at least 4 members (excludes halogenated alkanes) is 17. The van der Waals surface area contributed by atoms with E-state index in [4.69, 9.17) is 9.47 Å². The number of hydrogen-bond acceptors (Lipinski definition) is 13. The van der Waals surface area contributed by atoms with E-state index in [-0.39, 0.29) is 54.9 Å².